The Bertz CT molecular complexity index is 361. The van der Waals surface area contributed by atoms with E-state index in [0.29, 0.717) is 19.3 Å². The summed E-state index contributed by atoms with van der Waals surface area (Å²) in [7, 11) is -3.40. The first-order valence-corrected chi connectivity index (χ1v) is 7.68. The highest BCUT2D eigenvalue weighted by Gasteiger charge is 2.37. The molecule has 0 radical (unpaired) electrons. The summed E-state index contributed by atoms with van der Waals surface area (Å²) < 4.78 is 25.2. The number of sulfonamides is 1. The zero-order valence-electron chi connectivity index (χ0n) is 10.5. The molecule has 0 aromatic heterocycles. The topological polar surface area (TPSA) is 89.3 Å². The zero-order chi connectivity index (χ0) is 13.1. The molecule has 0 aliphatic heterocycles. The molecule has 1 fully saturated rings. The second-order valence-corrected chi connectivity index (χ2v) is 6.98. The van der Waals surface area contributed by atoms with Crippen LogP contribution in [0.3, 0.4) is 0 Å². The molecule has 1 amide bonds. The molecular weight excluding hydrogens is 240 g/mol. The van der Waals surface area contributed by atoms with Crippen LogP contribution in [0, 0.1) is 5.92 Å². The predicted molar refractivity (Wildman–Crippen MR) is 66.7 cm³/mol. The van der Waals surface area contributed by atoms with E-state index in [9.17, 15) is 13.2 Å². The molecule has 3 N–H and O–H groups in total. The van der Waals surface area contributed by atoms with Gasteiger partial charge in [-0.25, -0.2) is 8.42 Å². The molecule has 0 bridgehead atoms. The maximum Gasteiger partial charge on any atom is 0.237 e. The second-order valence-electron chi connectivity index (χ2n) is 5.02. The molecule has 5 nitrogen and oxygen atoms in total. The lowest BCUT2D eigenvalue weighted by atomic mass is 10.0. The third-order valence-corrected chi connectivity index (χ3v) is 4.79. The lowest BCUT2D eigenvalue weighted by molar-refractivity contribution is -0.122. The molecule has 1 saturated carbocycles. The van der Waals surface area contributed by atoms with Crippen molar-refractivity contribution in [3.05, 3.63) is 0 Å². The van der Waals surface area contributed by atoms with Gasteiger partial charge in [-0.05, 0) is 32.6 Å². The summed E-state index contributed by atoms with van der Waals surface area (Å²) in [6.45, 7) is 3.67. The van der Waals surface area contributed by atoms with Crippen molar-refractivity contribution in [1.82, 2.24) is 4.72 Å². The number of nitrogens with two attached hydrogens (primary N) is 1. The summed E-state index contributed by atoms with van der Waals surface area (Å²) in [6.07, 6.45) is 3.71. The van der Waals surface area contributed by atoms with E-state index in [1.165, 1.54) is 0 Å². The Hall–Kier alpha value is -0.620. The third-order valence-electron chi connectivity index (χ3n) is 2.95. The van der Waals surface area contributed by atoms with Gasteiger partial charge in [0.1, 0.15) is 0 Å². The normalized spacial score (nSPS) is 19.7. The fourth-order valence-electron chi connectivity index (χ4n) is 1.58. The number of nitrogens with one attached hydrogen (secondary N) is 1. The molecule has 100 valence electrons. The number of carbonyl (C=O) groups is 1. The van der Waals surface area contributed by atoms with Crippen LogP contribution in [-0.4, -0.2) is 25.6 Å². The maximum atomic E-state index is 11.6. The van der Waals surface area contributed by atoms with Crippen LogP contribution in [0.5, 0.6) is 0 Å². The molecule has 0 spiro atoms. The molecule has 2 unspecified atom stereocenters. The molecule has 17 heavy (non-hydrogen) atoms. The van der Waals surface area contributed by atoms with Gasteiger partial charge in [0.2, 0.25) is 15.9 Å². The van der Waals surface area contributed by atoms with E-state index < -0.39 is 10.0 Å². The molecule has 1 aliphatic carbocycles. The van der Waals surface area contributed by atoms with E-state index in [4.69, 9.17) is 5.73 Å². The van der Waals surface area contributed by atoms with Gasteiger partial charge in [0, 0.05) is 12.0 Å². The Labute approximate surface area is 103 Å². The first-order chi connectivity index (χ1) is 7.83. The van der Waals surface area contributed by atoms with Crippen molar-refractivity contribution in [2.24, 2.45) is 11.7 Å². The van der Waals surface area contributed by atoms with Crippen LogP contribution in [0.2, 0.25) is 0 Å². The lowest BCUT2D eigenvalue weighted by Crippen LogP contribution is -2.36. The first-order valence-electron chi connectivity index (χ1n) is 6.14. The highest BCUT2D eigenvalue weighted by Crippen LogP contribution is 2.27. The first kappa shape index (κ1) is 14.4. The van der Waals surface area contributed by atoms with Crippen LogP contribution >= 0.6 is 0 Å². The van der Waals surface area contributed by atoms with Crippen LogP contribution in [-0.2, 0) is 14.8 Å². The number of carbonyl (C=O) groups excluding carboxylic acids is 1. The van der Waals surface area contributed by atoms with Crippen molar-refractivity contribution < 1.29 is 13.2 Å². The molecule has 6 heteroatoms. The van der Waals surface area contributed by atoms with E-state index in [0.717, 1.165) is 12.8 Å². The summed E-state index contributed by atoms with van der Waals surface area (Å²) in [4.78, 5) is 11.6. The SMILES string of the molecule is CC(N)CCCC(C)C(=O)NS(=O)(=O)C1CC1. The Morgan fingerprint density at radius 1 is 1.35 bits per heavy atom. The van der Waals surface area contributed by atoms with Gasteiger partial charge in [0.25, 0.3) is 0 Å². The van der Waals surface area contributed by atoms with Crippen molar-refractivity contribution in [3.8, 4) is 0 Å². The molecule has 0 aromatic carbocycles. The second kappa shape index (κ2) is 5.82. The number of hydrogen-bond donors (Lipinski definition) is 2. The third kappa shape index (κ3) is 5.04. The van der Waals surface area contributed by atoms with Gasteiger partial charge in [0.05, 0.1) is 5.25 Å². The Balaban J connectivity index is 2.31. The number of amides is 1. The smallest absolute Gasteiger partial charge is 0.237 e. The Kier molecular flexibility index (Phi) is 4.94. The van der Waals surface area contributed by atoms with E-state index in [1.807, 2.05) is 6.92 Å². The van der Waals surface area contributed by atoms with Crippen LogP contribution in [0.4, 0.5) is 0 Å². The monoisotopic (exact) mass is 262 g/mol. The lowest BCUT2D eigenvalue weighted by Gasteiger charge is -2.12. The average Bonchev–Trinajstić information content (AvgIpc) is 2.99. The molecular formula is C11H22N2O3S. The Morgan fingerprint density at radius 2 is 1.94 bits per heavy atom. The fourth-order valence-corrected chi connectivity index (χ4v) is 2.98. The van der Waals surface area contributed by atoms with Crippen molar-refractivity contribution in [2.45, 2.75) is 57.2 Å². The molecule has 1 aliphatic rings. The van der Waals surface area contributed by atoms with E-state index in [2.05, 4.69) is 4.72 Å². The minimum atomic E-state index is -3.40. The number of rotatable bonds is 7. The summed E-state index contributed by atoms with van der Waals surface area (Å²) in [5, 5.41) is -0.345. The minimum Gasteiger partial charge on any atom is -0.328 e. The average molecular weight is 262 g/mol. The van der Waals surface area contributed by atoms with Gasteiger partial charge in [-0.2, -0.15) is 0 Å². The van der Waals surface area contributed by atoms with Gasteiger partial charge < -0.3 is 5.73 Å². The van der Waals surface area contributed by atoms with Gasteiger partial charge in [-0.1, -0.05) is 13.3 Å². The highest BCUT2D eigenvalue weighted by molar-refractivity contribution is 7.90. The molecule has 0 saturated heterocycles. The zero-order valence-corrected chi connectivity index (χ0v) is 11.3. The molecule has 1 rings (SSSR count). The summed E-state index contributed by atoms with van der Waals surface area (Å²) in [5.41, 5.74) is 5.61. The molecule has 0 heterocycles. The minimum absolute atomic E-state index is 0.125. The highest BCUT2D eigenvalue weighted by atomic mass is 32.2. The summed E-state index contributed by atoms with van der Waals surface area (Å²) in [5.74, 6) is -0.663. The number of hydrogen-bond acceptors (Lipinski definition) is 4. The van der Waals surface area contributed by atoms with Crippen molar-refractivity contribution in [3.63, 3.8) is 0 Å². The maximum absolute atomic E-state index is 11.6. The van der Waals surface area contributed by atoms with E-state index >= 15 is 0 Å². The van der Waals surface area contributed by atoms with Gasteiger partial charge in [0.15, 0.2) is 0 Å². The Morgan fingerprint density at radius 3 is 2.41 bits per heavy atom. The largest absolute Gasteiger partial charge is 0.328 e. The van der Waals surface area contributed by atoms with E-state index in [1.54, 1.807) is 6.92 Å². The van der Waals surface area contributed by atoms with E-state index in [-0.39, 0.29) is 23.1 Å². The molecule has 2 atom stereocenters. The van der Waals surface area contributed by atoms with Crippen LogP contribution < -0.4 is 10.5 Å². The van der Waals surface area contributed by atoms with Crippen molar-refractivity contribution in [1.29, 1.82) is 0 Å². The fraction of sp³-hybridized carbons (Fsp3) is 0.909. The standard InChI is InChI=1S/C11H22N2O3S/c1-8(4-3-5-9(2)12)11(14)13-17(15,16)10-6-7-10/h8-10H,3-7,12H2,1-2H3,(H,13,14). The van der Waals surface area contributed by atoms with Crippen molar-refractivity contribution >= 4 is 15.9 Å². The van der Waals surface area contributed by atoms with Crippen LogP contribution in [0.25, 0.3) is 0 Å². The predicted octanol–water partition coefficient (Wildman–Crippen LogP) is 0.748. The summed E-state index contributed by atoms with van der Waals surface area (Å²) >= 11 is 0. The quantitative estimate of drug-likeness (QED) is 0.708. The van der Waals surface area contributed by atoms with Gasteiger partial charge >= 0.3 is 0 Å². The van der Waals surface area contributed by atoms with Crippen LogP contribution in [0.1, 0.15) is 46.0 Å². The van der Waals surface area contributed by atoms with Crippen LogP contribution in [0.15, 0.2) is 0 Å². The van der Waals surface area contributed by atoms with Crippen molar-refractivity contribution in [2.75, 3.05) is 0 Å². The molecule has 0 aromatic rings. The van der Waals surface area contributed by atoms with Gasteiger partial charge in [-0.3, -0.25) is 9.52 Å². The summed E-state index contributed by atoms with van der Waals surface area (Å²) in [6, 6.07) is 0.125. The van der Waals surface area contributed by atoms with Gasteiger partial charge in [-0.15, -0.1) is 0 Å².